The summed E-state index contributed by atoms with van der Waals surface area (Å²) in [5.74, 6) is 0.251. The molecule has 0 spiro atoms. The quantitative estimate of drug-likeness (QED) is 0.135. The minimum absolute atomic E-state index is 0.251. The molecule has 0 bridgehead atoms. The fourth-order valence-corrected chi connectivity index (χ4v) is 10.7. The molecule has 0 fully saturated rings. The van der Waals surface area contributed by atoms with Gasteiger partial charge in [0.2, 0.25) is 0 Å². The van der Waals surface area contributed by atoms with Gasteiger partial charge in [-0.3, -0.25) is 0 Å². The Morgan fingerprint density at radius 1 is 0.371 bits per heavy atom. The zero-order valence-corrected chi connectivity index (χ0v) is 34.9. The molecule has 1 heterocycles. The topological polar surface area (TPSA) is 4.93 Å². The molecular formula is C61H45N. The Kier molecular flexibility index (Phi) is 8.75. The molecule has 1 nitrogen and oxygen atoms in total. The zero-order chi connectivity index (χ0) is 41.1. The lowest BCUT2D eigenvalue weighted by Crippen LogP contribution is -2.03. The van der Waals surface area contributed by atoms with E-state index in [4.69, 9.17) is 0 Å². The first-order valence-electron chi connectivity index (χ1n) is 22.2. The molecule has 0 radical (unpaired) electrons. The number of fused-ring (bicyclic) bond motifs is 8. The second kappa shape index (κ2) is 14.9. The summed E-state index contributed by atoms with van der Waals surface area (Å²) in [5.41, 5.74) is 19.5. The summed E-state index contributed by atoms with van der Waals surface area (Å²) in [7, 11) is 0. The predicted octanol–water partition coefficient (Wildman–Crippen LogP) is 16.6. The smallest absolute Gasteiger partial charge is 0.0541 e. The van der Waals surface area contributed by atoms with Crippen molar-refractivity contribution in [3.05, 3.63) is 235 Å². The van der Waals surface area contributed by atoms with Crippen LogP contribution in [0.15, 0.2) is 212 Å². The first-order chi connectivity index (χ1) is 30.7. The van der Waals surface area contributed by atoms with E-state index in [2.05, 4.69) is 224 Å². The molecule has 1 aromatic heterocycles. The van der Waals surface area contributed by atoms with Gasteiger partial charge in [-0.1, -0.05) is 189 Å². The van der Waals surface area contributed by atoms with E-state index in [-0.39, 0.29) is 5.92 Å². The first kappa shape index (κ1) is 36.4. The van der Waals surface area contributed by atoms with Crippen LogP contribution in [0.25, 0.3) is 93.5 Å². The van der Waals surface area contributed by atoms with Crippen molar-refractivity contribution < 1.29 is 0 Å². The largest absolute Gasteiger partial charge is 0.309 e. The molecule has 1 aliphatic rings. The highest BCUT2D eigenvalue weighted by Crippen LogP contribution is 2.50. The van der Waals surface area contributed by atoms with E-state index in [0.29, 0.717) is 0 Å². The minimum atomic E-state index is 0.251. The molecule has 0 saturated carbocycles. The van der Waals surface area contributed by atoms with E-state index in [0.717, 1.165) is 12.1 Å². The number of hydrogen-bond donors (Lipinski definition) is 0. The number of para-hydroxylation sites is 1. The predicted molar refractivity (Wildman–Crippen MR) is 264 cm³/mol. The van der Waals surface area contributed by atoms with Gasteiger partial charge in [0.05, 0.1) is 11.0 Å². The maximum absolute atomic E-state index is 2.45. The van der Waals surface area contributed by atoms with Crippen LogP contribution in [-0.4, -0.2) is 4.57 Å². The van der Waals surface area contributed by atoms with Gasteiger partial charge in [-0.05, 0) is 138 Å². The summed E-state index contributed by atoms with van der Waals surface area (Å²) in [6.45, 7) is 2.28. The third kappa shape index (κ3) is 5.76. The lowest BCUT2D eigenvalue weighted by atomic mass is 9.85. The van der Waals surface area contributed by atoms with Crippen LogP contribution in [-0.2, 0) is 6.42 Å². The molecule has 12 rings (SSSR count). The number of hydrogen-bond acceptors (Lipinski definition) is 0. The number of benzene rings is 10. The molecular weight excluding hydrogens is 747 g/mol. The maximum Gasteiger partial charge on any atom is 0.0541 e. The summed E-state index contributed by atoms with van der Waals surface area (Å²) in [5, 5.41) is 7.61. The minimum Gasteiger partial charge on any atom is -0.309 e. The van der Waals surface area contributed by atoms with Crippen molar-refractivity contribution in [1.29, 1.82) is 0 Å². The zero-order valence-electron chi connectivity index (χ0n) is 34.9. The molecule has 62 heavy (non-hydrogen) atoms. The molecule has 11 aromatic rings. The van der Waals surface area contributed by atoms with E-state index < -0.39 is 0 Å². The van der Waals surface area contributed by atoms with Gasteiger partial charge < -0.3 is 4.57 Å². The van der Waals surface area contributed by atoms with Gasteiger partial charge in [0.25, 0.3) is 0 Å². The average Bonchev–Trinajstić information content (AvgIpc) is 3.85. The molecule has 0 saturated heterocycles. The van der Waals surface area contributed by atoms with Gasteiger partial charge in [0, 0.05) is 22.4 Å². The van der Waals surface area contributed by atoms with Gasteiger partial charge in [-0.15, -0.1) is 0 Å². The van der Waals surface area contributed by atoms with Gasteiger partial charge in [-0.2, -0.15) is 0 Å². The summed E-state index contributed by atoms with van der Waals surface area (Å²) in [4.78, 5) is 0. The maximum atomic E-state index is 2.45. The number of nitrogens with zero attached hydrogens (tertiary/aromatic N) is 1. The second-order valence-corrected chi connectivity index (χ2v) is 17.0. The van der Waals surface area contributed by atoms with Crippen LogP contribution >= 0.6 is 0 Å². The van der Waals surface area contributed by atoms with Crippen LogP contribution in [0.5, 0.6) is 0 Å². The fraction of sp³-hybridized carbons (Fsp3) is 0.0820. The molecule has 1 heteroatoms. The van der Waals surface area contributed by atoms with Crippen LogP contribution in [0, 0.1) is 0 Å². The standard InChI is InChI=1S/C61H45N/c1-2-3-17-40-18-7-8-21-46(40)61-49-24-10-9-22-47(49)55-38-43(32-36-54(55)61)44-33-37-58-56(39-44)48-23-15-16-29-57(48)62(58)45-34-30-42(31-35-45)60-52-27-13-11-25-50(52)59(41-19-5-4-6-20-41)51-26-12-14-28-53(51)60/h4-16,18-39,61H,2-3,17H2,1H3. The molecule has 0 N–H and O–H groups in total. The summed E-state index contributed by atoms with van der Waals surface area (Å²) in [6.07, 6.45) is 3.53. The fourth-order valence-electron chi connectivity index (χ4n) is 10.7. The number of unbranched alkanes of at least 4 members (excludes halogenated alkanes) is 1. The lowest BCUT2D eigenvalue weighted by Gasteiger charge is -2.19. The Morgan fingerprint density at radius 2 is 0.887 bits per heavy atom. The van der Waals surface area contributed by atoms with Crippen molar-refractivity contribution in [1.82, 2.24) is 4.57 Å². The van der Waals surface area contributed by atoms with Crippen molar-refractivity contribution in [2.24, 2.45) is 0 Å². The monoisotopic (exact) mass is 791 g/mol. The molecule has 10 aromatic carbocycles. The van der Waals surface area contributed by atoms with E-state index in [1.165, 1.54) is 123 Å². The lowest BCUT2D eigenvalue weighted by molar-refractivity contribution is 0.783. The van der Waals surface area contributed by atoms with Gasteiger partial charge >= 0.3 is 0 Å². The van der Waals surface area contributed by atoms with Crippen molar-refractivity contribution in [2.75, 3.05) is 0 Å². The van der Waals surface area contributed by atoms with Crippen molar-refractivity contribution in [3.8, 4) is 50.2 Å². The van der Waals surface area contributed by atoms with Gasteiger partial charge in [0.1, 0.15) is 0 Å². The number of aryl methyl sites for hydroxylation is 1. The Bertz CT molecular complexity index is 3440. The van der Waals surface area contributed by atoms with Crippen LogP contribution in [0.2, 0.25) is 0 Å². The van der Waals surface area contributed by atoms with Crippen molar-refractivity contribution >= 4 is 43.4 Å². The Morgan fingerprint density at radius 3 is 1.60 bits per heavy atom. The molecule has 0 aliphatic heterocycles. The van der Waals surface area contributed by atoms with E-state index in [1.54, 1.807) is 0 Å². The normalized spacial score (nSPS) is 13.3. The van der Waals surface area contributed by atoms with Crippen molar-refractivity contribution in [3.63, 3.8) is 0 Å². The SMILES string of the molecule is CCCCc1ccccc1C1c2ccccc2-c2cc(-c3ccc4c(c3)c3ccccc3n4-c3ccc(-c4c5ccccc5c(-c5ccccc5)c5ccccc45)cc3)ccc21. The van der Waals surface area contributed by atoms with E-state index >= 15 is 0 Å². The highest BCUT2D eigenvalue weighted by molar-refractivity contribution is 6.21. The molecule has 1 unspecified atom stereocenters. The summed E-state index contributed by atoms with van der Waals surface area (Å²) >= 11 is 0. The third-order valence-corrected chi connectivity index (χ3v) is 13.5. The Balaban J connectivity index is 0.957. The van der Waals surface area contributed by atoms with Gasteiger partial charge in [-0.25, -0.2) is 0 Å². The molecule has 1 aliphatic carbocycles. The van der Waals surface area contributed by atoms with Gasteiger partial charge in [0.15, 0.2) is 0 Å². The number of rotatable bonds is 8. The van der Waals surface area contributed by atoms with Crippen LogP contribution in [0.1, 0.15) is 47.9 Å². The van der Waals surface area contributed by atoms with E-state index in [1.807, 2.05) is 0 Å². The first-order valence-corrected chi connectivity index (χ1v) is 22.2. The van der Waals surface area contributed by atoms with Crippen LogP contribution in [0.4, 0.5) is 0 Å². The Labute approximate surface area is 363 Å². The molecule has 1 atom stereocenters. The van der Waals surface area contributed by atoms with Crippen LogP contribution in [0.3, 0.4) is 0 Å². The number of aromatic nitrogens is 1. The summed E-state index contributed by atoms with van der Waals surface area (Å²) in [6, 6.07) is 79.2. The summed E-state index contributed by atoms with van der Waals surface area (Å²) < 4.78 is 2.44. The third-order valence-electron chi connectivity index (χ3n) is 13.5. The van der Waals surface area contributed by atoms with E-state index in [9.17, 15) is 0 Å². The Hall–Kier alpha value is -7.48. The van der Waals surface area contributed by atoms with Crippen molar-refractivity contribution in [2.45, 2.75) is 32.1 Å². The molecule has 294 valence electrons. The molecule has 0 amide bonds. The average molecular weight is 792 g/mol. The van der Waals surface area contributed by atoms with Crippen LogP contribution < -0.4 is 0 Å². The highest BCUT2D eigenvalue weighted by Gasteiger charge is 2.31. The second-order valence-electron chi connectivity index (χ2n) is 17.0. The highest BCUT2D eigenvalue weighted by atomic mass is 15.0.